The third-order valence-electron chi connectivity index (χ3n) is 5.03. The fourth-order valence-corrected chi connectivity index (χ4v) is 5.16. The Morgan fingerprint density at radius 3 is 2.74 bits per heavy atom. The zero-order valence-electron chi connectivity index (χ0n) is 16.8. The van der Waals surface area contributed by atoms with Crippen molar-refractivity contribution in [1.29, 1.82) is 0 Å². The van der Waals surface area contributed by atoms with Crippen LogP contribution in [-0.4, -0.2) is 46.8 Å². The predicted octanol–water partition coefficient (Wildman–Crippen LogP) is 2.45. The zero-order chi connectivity index (χ0) is 19.9. The van der Waals surface area contributed by atoms with Gasteiger partial charge < -0.3 is 20.0 Å². The highest BCUT2D eigenvalue weighted by Crippen LogP contribution is 2.29. The van der Waals surface area contributed by atoms with Crippen LogP contribution in [-0.2, 0) is 9.16 Å². The Balaban J connectivity index is 1.77. The van der Waals surface area contributed by atoms with Crippen molar-refractivity contribution in [2.24, 2.45) is 0 Å². The van der Waals surface area contributed by atoms with Crippen LogP contribution in [0.15, 0.2) is 11.1 Å². The summed E-state index contributed by atoms with van der Waals surface area (Å²) >= 11 is 0. The Kier molecular flexibility index (Phi) is 8.40. The first-order valence-corrected chi connectivity index (χ1v) is 13.1. The summed E-state index contributed by atoms with van der Waals surface area (Å²) in [6.07, 6.45) is 7.53. The van der Waals surface area contributed by atoms with E-state index in [0.29, 0.717) is 13.0 Å². The van der Waals surface area contributed by atoms with Crippen molar-refractivity contribution in [3.63, 3.8) is 0 Å². The number of hydrogen-bond donors (Lipinski definition) is 2. The second kappa shape index (κ2) is 10.3. The first-order valence-electron chi connectivity index (χ1n) is 10.0. The number of aliphatic hydroxyl groups excluding tert-OH is 1. The molecular formula is C18H34N4O4Si. The lowest BCUT2D eigenvalue weighted by Crippen LogP contribution is -2.37. The monoisotopic (exact) mass is 398 g/mol. The fraction of sp³-hybridized carbons (Fsp3) is 0.833. The largest absolute Gasteiger partial charge is 0.415 e. The van der Waals surface area contributed by atoms with Crippen molar-refractivity contribution in [1.82, 2.24) is 14.5 Å². The van der Waals surface area contributed by atoms with E-state index in [1.54, 1.807) is 0 Å². The maximum atomic E-state index is 11.9. The van der Waals surface area contributed by atoms with Gasteiger partial charge in [-0.05, 0) is 19.1 Å². The fourth-order valence-electron chi connectivity index (χ4n) is 3.30. The number of hydrogen-bond acceptors (Lipinski definition) is 7. The third-order valence-corrected chi connectivity index (χ3v) is 7.54. The Morgan fingerprint density at radius 2 is 2.04 bits per heavy atom. The van der Waals surface area contributed by atoms with Crippen LogP contribution in [0.4, 0.5) is 5.95 Å². The topological polar surface area (TPSA) is 112 Å². The summed E-state index contributed by atoms with van der Waals surface area (Å²) in [5.41, 5.74) is 4.88. The summed E-state index contributed by atoms with van der Waals surface area (Å²) in [5, 5.41) is 10.3. The van der Waals surface area contributed by atoms with Crippen LogP contribution in [0.5, 0.6) is 0 Å². The van der Waals surface area contributed by atoms with Crippen molar-refractivity contribution in [3.05, 3.63) is 16.8 Å². The molecule has 0 bridgehead atoms. The average molecular weight is 399 g/mol. The van der Waals surface area contributed by atoms with Gasteiger partial charge in [-0.3, -0.25) is 4.57 Å². The lowest BCUT2D eigenvalue weighted by molar-refractivity contribution is -0.0429. The molecule has 1 aliphatic heterocycles. The van der Waals surface area contributed by atoms with Gasteiger partial charge in [0.2, 0.25) is 5.95 Å². The summed E-state index contributed by atoms with van der Waals surface area (Å²) < 4.78 is 13.3. The first kappa shape index (κ1) is 22.0. The molecule has 1 fully saturated rings. The molecule has 0 unspecified atom stereocenters. The Hall–Kier alpha value is -1.29. The normalized spacial score (nSPS) is 23.0. The number of aromatic nitrogens is 3. The molecule has 0 amide bonds. The molecule has 0 spiro atoms. The minimum absolute atomic E-state index is 0.0721. The van der Waals surface area contributed by atoms with Crippen LogP contribution in [0, 0.1) is 0 Å². The first-order chi connectivity index (χ1) is 12.8. The number of nitrogens with two attached hydrogens (primary N) is 1. The summed E-state index contributed by atoms with van der Waals surface area (Å²) in [6.45, 7) is 6.98. The molecule has 0 saturated carbocycles. The lowest BCUT2D eigenvalue weighted by Gasteiger charge is -2.26. The Morgan fingerprint density at radius 1 is 1.33 bits per heavy atom. The standard InChI is InChI=1S/C18H34N4O4Si/c1-4-5-6-7-8-9-10-27(2,3)25-12-15-14(23)11-16(26-15)22-13-20-17(19)21-18(22)24/h13-16,23H,4-12H2,1-3H3,(H2,19,21,24)/t14-,15+,16+/m0/s1. The number of aliphatic hydroxyl groups is 1. The van der Waals surface area contributed by atoms with Crippen molar-refractivity contribution < 1.29 is 14.3 Å². The second-order valence-electron chi connectivity index (χ2n) is 7.93. The van der Waals surface area contributed by atoms with E-state index in [4.69, 9.17) is 14.9 Å². The van der Waals surface area contributed by atoms with Gasteiger partial charge in [0.25, 0.3) is 0 Å². The van der Waals surface area contributed by atoms with E-state index >= 15 is 0 Å². The summed E-state index contributed by atoms with van der Waals surface area (Å²) in [7, 11) is -1.79. The van der Waals surface area contributed by atoms with Crippen molar-refractivity contribution >= 4 is 14.3 Å². The van der Waals surface area contributed by atoms with Gasteiger partial charge >= 0.3 is 5.69 Å². The zero-order valence-corrected chi connectivity index (χ0v) is 17.8. The molecule has 27 heavy (non-hydrogen) atoms. The molecule has 0 aliphatic carbocycles. The van der Waals surface area contributed by atoms with E-state index in [9.17, 15) is 9.90 Å². The quantitative estimate of drug-likeness (QED) is 0.435. The van der Waals surface area contributed by atoms with Gasteiger partial charge in [-0.1, -0.05) is 45.4 Å². The van der Waals surface area contributed by atoms with Crippen molar-refractivity contribution in [2.75, 3.05) is 12.3 Å². The van der Waals surface area contributed by atoms with Crippen LogP contribution in [0.3, 0.4) is 0 Å². The van der Waals surface area contributed by atoms with Gasteiger partial charge in [0.15, 0.2) is 8.32 Å². The highest BCUT2D eigenvalue weighted by molar-refractivity contribution is 6.71. The van der Waals surface area contributed by atoms with Crippen LogP contribution in [0.25, 0.3) is 0 Å². The summed E-state index contributed by atoms with van der Waals surface area (Å²) in [4.78, 5) is 19.3. The number of rotatable bonds is 11. The maximum Gasteiger partial charge on any atom is 0.354 e. The van der Waals surface area contributed by atoms with Crippen molar-refractivity contribution in [3.8, 4) is 0 Å². The number of ether oxygens (including phenoxy) is 1. The molecule has 1 aromatic rings. The second-order valence-corrected chi connectivity index (χ2v) is 12.2. The van der Waals surface area contributed by atoms with Gasteiger partial charge in [0.1, 0.15) is 18.7 Å². The van der Waals surface area contributed by atoms with Gasteiger partial charge in [-0.15, -0.1) is 0 Å². The molecule has 2 heterocycles. The average Bonchev–Trinajstić information content (AvgIpc) is 2.97. The molecule has 2 rings (SSSR count). The Bertz CT molecular complexity index is 640. The highest BCUT2D eigenvalue weighted by atomic mass is 28.4. The molecule has 8 nitrogen and oxygen atoms in total. The molecule has 0 radical (unpaired) electrons. The summed E-state index contributed by atoms with van der Waals surface area (Å²) in [6, 6.07) is 1.11. The molecule has 3 atom stereocenters. The number of nitrogen functional groups attached to an aromatic ring is 1. The van der Waals surface area contributed by atoms with E-state index in [-0.39, 0.29) is 5.95 Å². The molecule has 1 aromatic heterocycles. The molecule has 9 heteroatoms. The molecular weight excluding hydrogens is 364 g/mol. The van der Waals surface area contributed by atoms with Crippen LogP contribution in [0.2, 0.25) is 19.1 Å². The number of anilines is 1. The summed E-state index contributed by atoms with van der Waals surface area (Å²) in [5.74, 6) is -0.0721. The van der Waals surface area contributed by atoms with Crippen LogP contribution in [0.1, 0.15) is 58.1 Å². The lowest BCUT2D eigenvalue weighted by atomic mass is 10.1. The molecule has 154 valence electrons. The van der Waals surface area contributed by atoms with Gasteiger partial charge in [-0.2, -0.15) is 4.98 Å². The van der Waals surface area contributed by atoms with E-state index in [0.717, 1.165) is 6.04 Å². The smallest absolute Gasteiger partial charge is 0.354 e. The van der Waals surface area contributed by atoms with E-state index in [1.165, 1.54) is 49.4 Å². The minimum Gasteiger partial charge on any atom is -0.415 e. The van der Waals surface area contributed by atoms with Gasteiger partial charge in [0, 0.05) is 6.42 Å². The van der Waals surface area contributed by atoms with E-state index in [1.807, 2.05) is 0 Å². The molecule has 1 aliphatic rings. The number of unbranched alkanes of at least 4 members (excludes halogenated alkanes) is 5. The van der Waals surface area contributed by atoms with Gasteiger partial charge in [-0.25, -0.2) is 9.78 Å². The van der Waals surface area contributed by atoms with Crippen LogP contribution < -0.4 is 11.4 Å². The van der Waals surface area contributed by atoms with Gasteiger partial charge in [0.05, 0.1) is 12.7 Å². The van der Waals surface area contributed by atoms with Crippen molar-refractivity contribution in [2.45, 2.75) is 89.4 Å². The number of nitrogens with zero attached hydrogens (tertiary/aromatic N) is 3. The molecule has 0 aromatic carbocycles. The SMILES string of the molecule is CCCCCCCC[Si](C)(C)OC[C@H]1O[C@@H](n2cnc(N)nc2=O)C[C@@H]1O. The molecule has 3 N–H and O–H groups in total. The minimum atomic E-state index is -1.79. The maximum absolute atomic E-state index is 11.9. The van der Waals surface area contributed by atoms with E-state index < -0.39 is 32.4 Å². The highest BCUT2D eigenvalue weighted by Gasteiger charge is 2.37. The Labute approximate surface area is 162 Å². The third kappa shape index (κ3) is 6.98. The molecule has 1 saturated heterocycles. The van der Waals surface area contributed by atoms with E-state index in [2.05, 4.69) is 30.0 Å². The van der Waals surface area contributed by atoms with Crippen LogP contribution >= 0.6 is 0 Å². The predicted molar refractivity (Wildman–Crippen MR) is 107 cm³/mol.